The average Bonchev–Trinajstić information content (AvgIpc) is 2.22. The van der Waals surface area contributed by atoms with Gasteiger partial charge in [0.25, 0.3) is 5.91 Å². The van der Waals surface area contributed by atoms with Gasteiger partial charge in [-0.2, -0.15) is 4.42 Å². The van der Waals surface area contributed by atoms with Crippen LogP contribution < -0.4 is 0 Å². The van der Waals surface area contributed by atoms with Crippen LogP contribution in [0.3, 0.4) is 0 Å². The summed E-state index contributed by atoms with van der Waals surface area (Å²) in [6, 6.07) is -0.687. The molecular weight excluding hydrogens is 203 g/mol. The van der Waals surface area contributed by atoms with Gasteiger partial charge in [-0.15, -0.1) is 0 Å². The van der Waals surface area contributed by atoms with Crippen molar-refractivity contribution in [3.63, 3.8) is 0 Å². The molecule has 1 unspecified atom stereocenters. The van der Waals surface area contributed by atoms with Gasteiger partial charge in [-0.05, 0) is 13.3 Å². The van der Waals surface area contributed by atoms with Gasteiger partial charge < -0.3 is 0 Å². The van der Waals surface area contributed by atoms with E-state index in [2.05, 4.69) is 0 Å². The highest BCUT2D eigenvalue weighted by atomic mass is 35.5. The van der Waals surface area contributed by atoms with Gasteiger partial charge in [-0.1, -0.05) is 6.92 Å². The lowest BCUT2D eigenvalue weighted by Gasteiger charge is -2.23. The first-order valence-corrected chi connectivity index (χ1v) is 4.13. The quantitative estimate of drug-likeness (QED) is 0.489. The third-order valence-electron chi connectivity index (χ3n) is 2.10. The van der Waals surface area contributed by atoms with Crippen LogP contribution in [0.2, 0.25) is 0 Å². The van der Waals surface area contributed by atoms with Crippen LogP contribution in [0.4, 0.5) is 4.79 Å². The van der Waals surface area contributed by atoms with Gasteiger partial charge in [0.1, 0.15) is 5.54 Å². The molecule has 6 heteroatoms. The van der Waals surface area contributed by atoms with Crippen molar-refractivity contribution < 1.29 is 9.59 Å². The van der Waals surface area contributed by atoms with Crippen molar-refractivity contribution in [2.75, 3.05) is 0 Å². The topological polar surface area (TPSA) is 40.6 Å². The zero-order chi connectivity index (χ0) is 9.52. The van der Waals surface area contributed by atoms with E-state index in [1.165, 1.54) is 0 Å². The standard InChI is InChI=1S/C6H8Cl2N2O2/c1-3-6(2)4(11)9(7)5(12)10(6)8/h3H2,1-2H3. The molecule has 1 saturated heterocycles. The summed E-state index contributed by atoms with van der Waals surface area (Å²) in [6.07, 6.45) is 0.435. The maximum atomic E-state index is 11.3. The third-order valence-corrected chi connectivity index (χ3v) is 2.91. The van der Waals surface area contributed by atoms with Crippen molar-refractivity contribution in [1.29, 1.82) is 0 Å². The Morgan fingerprint density at radius 3 is 2.08 bits per heavy atom. The Hall–Kier alpha value is -0.480. The zero-order valence-electron chi connectivity index (χ0n) is 6.67. The summed E-state index contributed by atoms with van der Waals surface area (Å²) >= 11 is 11.0. The van der Waals surface area contributed by atoms with Crippen molar-refractivity contribution in [2.24, 2.45) is 0 Å². The van der Waals surface area contributed by atoms with Crippen LogP contribution >= 0.6 is 23.6 Å². The van der Waals surface area contributed by atoms with Gasteiger partial charge in [0.15, 0.2) is 0 Å². The summed E-state index contributed by atoms with van der Waals surface area (Å²) in [5.74, 6) is -0.480. The van der Waals surface area contributed by atoms with Crippen molar-refractivity contribution >= 4 is 35.5 Å². The monoisotopic (exact) mass is 210 g/mol. The molecular formula is C6H8Cl2N2O2. The number of halogens is 2. The number of hydrogen-bond acceptors (Lipinski definition) is 2. The molecule has 0 bridgehead atoms. The van der Waals surface area contributed by atoms with Crippen molar-refractivity contribution in [2.45, 2.75) is 25.8 Å². The smallest absolute Gasteiger partial charge is 0.270 e. The van der Waals surface area contributed by atoms with Gasteiger partial charge in [0.2, 0.25) is 0 Å². The number of imide groups is 1. The molecule has 68 valence electrons. The molecule has 1 rings (SSSR count). The normalized spacial score (nSPS) is 30.3. The molecule has 0 aromatic heterocycles. The van der Waals surface area contributed by atoms with E-state index in [4.69, 9.17) is 23.6 Å². The fraction of sp³-hybridized carbons (Fsp3) is 0.667. The molecule has 1 aliphatic rings. The molecule has 0 N–H and O–H groups in total. The Balaban J connectivity index is 3.06. The molecule has 1 atom stereocenters. The molecule has 0 spiro atoms. The summed E-state index contributed by atoms with van der Waals surface area (Å²) in [5, 5.41) is 0. The number of carbonyl (C=O) groups excluding carboxylic acids is 2. The van der Waals surface area contributed by atoms with Gasteiger partial charge in [-0.3, -0.25) is 4.79 Å². The SMILES string of the molecule is CCC1(C)C(=O)N(Cl)C(=O)N1Cl. The van der Waals surface area contributed by atoms with E-state index in [9.17, 15) is 9.59 Å². The van der Waals surface area contributed by atoms with Crippen LogP contribution in [0, 0.1) is 0 Å². The van der Waals surface area contributed by atoms with E-state index >= 15 is 0 Å². The summed E-state index contributed by atoms with van der Waals surface area (Å²) in [5.41, 5.74) is -1.000. The van der Waals surface area contributed by atoms with Gasteiger partial charge in [0.05, 0.1) is 0 Å². The predicted molar refractivity (Wildman–Crippen MR) is 44.5 cm³/mol. The average molecular weight is 211 g/mol. The number of amides is 3. The summed E-state index contributed by atoms with van der Waals surface area (Å²) in [4.78, 5) is 22.4. The number of nitrogens with zero attached hydrogens (tertiary/aromatic N) is 2. The Kier molecular flexibility index (Phi) is 2.23. The molecule has 0 aromatic rings. The van der Waals surface area contributed by atoms with E-state index in [0.29, 0.717) is 10.8 Å². The first-order valence-electron chi connectivity index (χ1n) is 3.45. The molecule has 3 amide bonds. The minimum absolute atomic E-state index is 0.435. The highest BCUT2D eigenvalue weighted by molar-refractivity contribution is 6.39. The Morgan fingerprint density at radius 2 is 1.92 bits per heavy atom. The third kappa shape index (κ3) is 0.983. The second kappa shape index (κ2) is 2.78. The van der Waals surface area contributed by atoms with Crippen LogP contribution in [-0.4, -0.2) is 26.3 Å². The zero-order valence-corrected chi connectivity index (χ0v) is 8.19. The maximum absolute atomic E-state index is 11.3. The molecule has 0 radical (unpaired) electrons. The number of urea groups is 1. The van der Waals surface area contributed by atoms with E-state index in [1.807, 2.05) is 0 Å². The van der Waals surface area contributed by atoms with Crippen LogP contribution in [0.1, 0.15) is 20.3 Å². The molecule has 0 aliphatic carbocycles. The van der Waals surface area contributed by atoms with E-state index in [1.54, 1.807) is 13.8 Å². The van der Waals surface area contributed by atoms with E-state index < -0.39 is 17.5 Å². The predicted octanol–water partition coefficient (Wildman–Crippen LogP) is 1.73. The van der Waals surface area contributed by atoms with E-state index in [-0.39, 0.29) is 0 Å². The van der Waals surface area contributed by atoms with Crippen molar-refractivity contribution in [1.82, 2.24) is 8.84 Å². The lowest BCUT2D eigenvalue weighted by atomic mass is 10.00. The van der Waals surface area contributed by atoms with Crippen molar-refractivity contribution in [3.8, 4) is 0 Å². The summed E-state index contributed by atoms with van der Waals surface area (Å²) in [6.45, 7) is 3.33. The summed E-state index contributed by atoms with van der Waals surface area (Å²) < 4.78 is 1.35. The lowest BCUT2D eigenvalue weighted by Crippen LogP contribution is -2.41. The van der Waals surface area contributed by atoms with Gasteiger partial charge in [-0.25, -0.2) is 9.21 Å². The summed E-state index contributed by atoms with van der Waals surface area (Å²) in [7, 11) is 0. The first kappa shape index (κ1) is 9.61. The molecule has 1 aliphatic heterocycles. The molecule has 0 aromatic carbocycles. The first-order chi connectivity index (χ1) is 5.45. The van der Waals surface area contributed by atoms with Crippen LogP contribution in [0.15, 0.2) is 0 Å². The van der Waals surface area contributed by atoms with Gasteiger partial charge in [0, 0.05) is 23.6 Å². The minimum atomic E-state index is -1.000. The second-order valence-electron chi connectivity index (χ2n) is 2.78. The Labute approximate surface area is 80.2 Å². The molecule has 0 saturated carbocycles. The second-order valence-corrected chi connectivity index (χ2v) is 3.45. The minimum Gasteiger partial charge on any atom is -0.270 e. The fourth-order valence-corrected chi connectivity index (χ4v) is 1.52. The van der Waals surface area contributed by atoms with Crippen LogP contribution in [0.5, 0.6) is 0 Å². The van der Waals surface area contributed by atoms with Crippen LogP contribution in [0.25, 0.3) is 0 Å². The Bertz CT molecular complexity index is 246. The van der Waals surface area contributed by atoms with Gasteiger partial charge >= 0.3 is 6.03 Å². The Morgan fingerprint density at radius 1 is 1.42 bits per heavy atom. The largest absolute Gasteiger partial charge is 0.357 e. The van der Waals surface area contributed by atoms with Crippen molar-refractivity contribution in [3.05, 3.63) is 0 Å². The van der Waals surface area contributed by atoms with E-state index in [0.717, 1.165) is 4.42 Å². The fourth-order valence-electron chi connectivity index (χ4n) is 0.961. The number of rotatable bonds is 1. The lowest BCUT2D eigenvalue weighted by molar-refractivity contribution is -0.128. The molecule has 12 heavy (non-hydrogen) atoms. The maximum Gasteiger partial charge on any atom is 0.357 e. The number of hydrogen-bond donors (Lipinski definition) is 0. The molecule has 1 heterocycles. The molecule has 1 fully saturated rings. The molecule has 4 nitrogen and oxygen atoms in total. The highest BCUT2D eigenvalue weighted by Gasteiger charge is 2.53. The number of carbonyl (C=O) groups is 2. The van der Waals surface area contributed by atoms with Crippen LogP contribution in [-0.2, 0) is 4.79 Å². The highest BCUT2D eigenvalue weighted by Crippen LogP contribution is 2.33.